The lowest BCUT2D eigenvalue weighted by Crippen LogP contribution is -2.38. The van der Waals surface area contributed by atoms with Crippen LogP contribution in [0.2, 0.25) is 0 Å². The summed E-state index contributed by atoms with van der Waals surface area (Å²) in [6.45, 7) is 8.05. The van der Waals surface area contributed by atoms with Crippen LogP contribution in [0.4, 0.5) is 13.2 Å². The third kappa shape index (κ3) is 5.17. The average Bonchev–Trinajstić information content (AvgIpc) is 2.37. The Kier molecular flexibility index (Phi) is 6.42. The lowest BCUT2D eigenvalue weighted by molar-refractivity contribution is -0.206. The van der Waals surface area contributed by atoms with Crippen molar-refractivity contribution in [2.24, 2.45) is 11.8 Å². The molecule has 120 valence electrons. The van der Waals surface area contributed by atoms with Crippen LogP contribution in [-0.4, -0.2) is 22.8 Å². The highest BCUT2D eigenvalue weighted by molar-refractivity contribution is 5.16. The van der Waals surface area contributed by atoms with E-state index in [1.54, 1.807) is 13.0 Å². The molecular weight excluding hydrogens is 281 g/mol. The van der Waals surface area contributed by atoms with Crippen molar-refractivity contribution in [3.8, 4) is 5.88 Å². The molecule has 0 saturated heterocycles. The van der Waals surface area contributed by atoms with E-state index < -0.39 is 12.1 Å². The molecule has 0 spiro atoms. The van der Waals surface area contributed by atoms with Gasteiger partial charge < -0.3 is 4.74 Å². The normalized spacial score (nSPS) is 21.1. The fourth-order valence-corrected chi connectivity index (χ4v) is 2.20. The first-order valence-electron chi connectivity index (χ1n) is 7.42. The summed E-state index contributed by atoms with van der Waals surface area (Å²) in [4.78, 5) is 8.34. The third-order valence-corrected chi connectivity index (χ3v) is 3.40. The quantitative estimate of drug-likeness (QED) is 0.830. The molecule has 0 N–H and O–H groups in total. The molecule has 1 aromatic heterocycles. The van der Waals surface area contributed by atoms with Gasteiger partial charge in [0, 0.05) is 11.8 Å². The highest BCUT2D eigenvalue weighted by Gasteiger charge is 2.47. The Hall–Kier alpha value is -1.33. The summed E-state index contributed by atoms with van der Waals surface area (Å²) in [6, 6.07) is 1.74. The van der Waals surface area contributed by atoms with Gasteiger partial charge in [-0.15, -0.1) is 0 Å². The highest BCUT2D eigenvalue weighted by atomic mass is 19.4. The number of aryl methyl sites for hydroxylation is 2. The van der Waals surface area contributed by atoms with Crippen LogP contribution in [0.3, 0.4) is 0 Å². The number of ether oxygens (including phenoxy) is 1. The number of hydrogen-bond donors (Lipinski definition) is 0. The minimum absolute atomic E-state index is 0.0213. The van der Waals surface area contributed by atoms with Crippen molar-refractivity contribution in [3.63, 3.8) is 0 Å². The van der Waals surface area contributed by atoms with E-state index in [0.717, 1.165) is 12.1 Å². The van der Waals surface area contributed by atoms with Crippen molar-refractivity contribution in [2.75, 3.05) is 6.61 Å². The standard InChI is InChI=1S/C13H17F3N2O.C2H6/c1-3-11-6-12(18-8(2)17-11)19-7-9-4-10(5-9)13(14,15)16;1-2/h6,9-10H,3-5,7H2,1-2H3;1-2H3. The van der Waals surface area contributed by atoms with Gasteiger partial charge in [0.05, 0.1) is 12.5 Å². The highest BCUT2D eigenvalue weighted by Crippen LogP contribution is 2.44. The maximum absolute atomic E-state index is 12.3. The summed E-state index contributed by atoms with van der Waals surface area (Å²) in [6.07, 6.45) is -2.96. The number of alkyl halides is 3. The molecule has 0 unspecified atom stereocenters. The van der Waals surface area contributed by atoms with Gasteiger partial charge in [-0.05, 0) is 32.1 Å². The van der Waals surface area contributed by atoms with Crippen molar-refractivity contribution in [2.45, 2.75) is 53.1 Å². The van der Waals surface area contributed by atoms with Crippen LogP contribution in [0.15, 0.2) is 6.07 Å². The van der Waals surface area contributed by atoms with Crippen LogP contribution < -0.4 is 4.74 Å². The average molecular weight is 304 g/mol. The summed E-state index contributed by atoms with van der Waals surface area (Å²) in [5.41, 5.74) is 0.879. The van der Waals surface area contributed by atoms with Crippen LogP contribution in [0.1, 0.15) is 45.1 Å². The maximum atomic E-state index is 12.3. The minimum Gasteiger partial charge on any atom is -0.477 e. The molecule has 1 heterocycles. The van der Waals surface area contributed by atoms with Crippen LogP contribution >= 0.6 is 0 Å². The zero-order valence-electron chi connectivity index (χ0n) is 13.0. The fourth-order valence-electron chi connectivity index (χ4n) is 2.20. The van der Waals surface area contributed by atoms with Crippen LogP contribution in [-0.2, 0) is 6.42 Å². The molecule has 0 atom stereocenters. The molecular formula is C15H23F3N2O. The molecule has 3 nitrogen and oxygen atoms in total. The van der Waals surface area contributed by atoms with E-state index in [9.17, 15) is 13.2 Å². The summed E-state index contributed by atoms with van der Waals surface area (Å²) >= 11 is 0. The molecule has 6 heteroatoms. The van der Waals surface area contributed by atoms with Gasteiger partial charge in [0.2, 0.25) is 5.88 Å². The van der Waals surface area contributed by atoms with E-state index in [1.165, 1.54) is 0 Å². The first kappa shape index (κ1) is 17.7. The van der Waals surface area contributed by atoms with Crippen molar-refractivity contribution in [3.05, 3.63) is 17.6 Å². The molecule has 0 amide bonds. The maximum Gasteiger partial charge on any atom is 0.391 e. The van der Waals surface area contributed by atoms with Gasteiger partial charge in [0.1, 0.15) is 5.82 Å². The molecule has 0 aromatic carbocycles. The first-order valence-corrected chi connectivity index (χ1v) is 7.42. The Morgan fingerprint density at radius 3 is 2.38 bits per heavy atom. The second-order valence-corrected chi connectivity index (χ2v) is 4.99. The second kappa shape index (κ2) is 7.61. The summed E-state index contributed by atoms with van der Waals surface area (Å²) in [7, 11) is 0. The topological polar surface area (TPSA) is 35.0 Å². The predicted octanol–water partition coefficient (Wildman–Crippen LogP) is 4.34. The second-order valence-electron chi connectivity index (χ2n) is 4.99. The van der Waals surface area contributed by atoms with Gasteiger partial charge in [0.15, 0.2) is 0 Å². The molecule has 1 aliphatic rings. The monoisotopic (exact) mass is 304 g/mol. The Morgan fingerprint density at radius 1 is 1.24 bits per heavy atom. The van der Waals surface area contributed by atoms with Gasteiger partial charge in [0.25, 0.3) is 0 Å². The third-order valence-electron chi connectivity index (χ3n) is 3.40. The van der Waals surface area contributed by atoms with Gasteiger partial charge >= 0.3 is 6.18 Å². The van der Waals surface area contributed by atoms with Gasteiger partial charge in [-0.3, -0.25) is 0 Å². The van der Waals surface area contributed by atoms with Crippen LogP contribution in [0, 0.1) is 18.8 Å². The summed E-state index contributed by atoms with van der Waals surface area (Å²) < 4.78 is 42.5. The van der Waals surface area contributed by atoms with E-state index in [4.69, 9.17) is 4.74 Å². The number of rotatable bonds is 4. The molecule has 1 fully saturated rings. The Labute approximate surface area is 123 Å². The Morgan fingerprint density at radius 2 is 1.86 bits per heavy atom. The molecule has 1 aliphatic carbocycles. The summed E-state index contributed by atoms with van der Waals surface area (Å²) in [5.74, 6) is -0.0950. The van der Waals surface area contributed by atoms with E-state index in [2.05, 4.69) is 9.97 Å². The lowest BCUT2D eigenvalue weighted by Gasteiger charge is -2.36. The molecule has 21 heavy (non-hydrogen) atoms. The molecule has 1 aromatic rings. The van der Waals surface area contributed by atoms with Crippen molar-refractivity contribution < 1.29 is 17.9 Å². The lowest BCUT2D eigenvalue weighted by atomic mass is 9.75. The van der Waals surface area contributed by atoms with Crippen molar-refractivity contribution in [1.29, 1.82) is 0 Å². The minimum atomic E-state index is -4.06. The van der Waals surface area contributed by atoms with E-state index in [0.29, 0.717) is 18.3 Å². The number of nitrogens with zero attached hydrogens (tertiary/aromatic N) is 2. The molecule has 1 saturated carbocycles. The van der Waals surface area contributed by atoms with Crippen molar-refractivity contribution >= 4 is 0 Å². The zero-order chi connectivity index (χ0) is 16.0. The van der Waals surface area contributed by atoms with E-state index >= 15 is 0 Å². The van der Waals surface area contributed by atoms with Crippen LogP contribution in [0.25, 0.3) is 0 Å². The Bertz CT molecular complexity index is 443. The zero-order valence-corrected chi connectivity index (χ0v) is 13.0. The van der Waals surface area contributed by atoms with Crippen LogP contribution in [0.5, 0.6) is 5.88 Å². The molecule has 0 radical (unpaired) electrons. The molecule has 0 aliphatic heterocycles. The number of hydrogen-bond acceptors (Lipinski definition) is 3. The number of aromatic nitrogens is 2. The Balaban J connectivity index is 0.00000106. The largest absolute Gasteiger partial charge is 0.477 e. The summed E-state index contributed by atoms with van der Waals surface area (Å²) in [5, 5.41) is 0. The first-order chi connectivity index (χ1) is 9.88. The van der Waals surface area contributed by atoms with Gasteiger partial charge in [-0.1, -0.05) is 20.8 Å². The van der Waals surface area contributed by atoms with Gasteiger partial charge in [-0.25, -0.2) is 4.98 Å². The van der Waals surface area contributed by atoms with E-state index in [-0.39, 0.29) is 18.8 Å². The molecule has 2 rings (SSSR count). The van der Waals surface area contributed by atoms with Gasteiger partial charge in [-0.2, -0.15) is 18.2 Å². The predicted molar refractivity (Wildman–Crippen MR) is 75.3 cm³/mol. The fraction of sp³-hybridized carbons (Fsp3) is 0.733. The van der Waals surface area contributed by atoms with E-state index in [1.807, 2.05) is 20.8 Å². The molecule has 0 bridgehead atoms. The smallest absolute Gasteiger partial charge is 0.391 e. The number of halogens is 3. The SMILES string of the molecule is CC.CCc1cc(OCC2CC(C(F)(F)F)C2)nc(C)n1. The van der Waals surface area contributed by atoms with Crippen molar-refractivity contribution in [1.82, 2.24) is 9.97 Å².